The number of allylic oxidation sites excluding steroid dienone is 7. The van der Waals surface area contributed by atoms with Crippen molar-refractivity contribution in [1.29, 1.82) is 0 Å². The highest BCUT2D eigenvalue weighted by atomic mass is 127. The van der Waals surface area contributed by atoms with Gasteiger partial charge in [-0.25, -0.2) is 0 Å². The molecule has 5 heteroatoms. The van der Waals surface area contributed by atoms with Crippen LogP contribution in [-0.4, -0.2) is 10.5 Å². The van der Waals surface area contributed by atoms with Crippen molar-refractivity contribution < 1.29 is 4.79 Å². The largest absolute Gasteiger partial charge is 0.333 e. The molecule has 1 amide bonds. The van der Waals surface area contributed by atoms with Gasteiger partial charge in [0, 0.05) is 36.6 Å². The van der Waals surface area contributed by atoms with Crippen LogP contribution in [0.5, 0.6) is 0 Å². The van der Waals surface area contributed by atoms with E-state index in [1.54, 1.807) is 16.8 Å². The summed E-state index contributed by atoms with van der Waals surface area (Å²) in [5.41, 5.74) is 3.24. The summed E-state index contributed by atoms with van der Waals surface area (Å²) in [5.74, 6) is 0.135. The third kappa shape index (κ3) is 8.42. The molecule has 0 saturated carbocycles. The molecule has 1 aliphatic carbocycles. The van der Waals surface area contributed by atoms with Crippen molar-refractivity contribution in [3.8, 4) is 5.69 Å². The molecular weight excluding hydrogens is 475 g/mol. The second-order valence-corrected chi connectivity index (χ2v) is 7.68. The van der Waals surface area contributed by atoms with E-state index < -0.39 is 0 Å². The van der Waals surface area contributed by atoms with Crippen molar-refractivity contribution >= 4 is 28.5 Å². The number of benzene rings is 1. The number of amides is 1. The number of hydrogen-bond donors (Lipinski definition) is 1. The van der Waals surface area contributed by atoms with E-state index >= 15 is 0 Å². The number of aromatic nitrogens is 1. The predicted molar refractivity (Wildman–Crippen MR) is 127 cm³/mol. The van der Waals surface area contributed by atoms with Gasteiger partial charge in [0.2, 0.25) is 5.91 Å². The maximum atomic E-state index is 11.5. The van der Waals surface area contributed by atoms with Gasteiger partial charge in [0.05, 0.1) is 18.2 Å². The van der Waals surface area contributed by atoms with Crippen molar-refractivity contribution in [3.05, 3.63) is 110 Å². The fraction of sp³-hybridized carbons (Fsp3) is 0.167. The molecule has 0 spiro atoms. The molecule has 0 radical (unpaired) electrons. The van der Waals surface area contributed by atoms with E-state index in [9.17, 15) is 9.59 Å². The van der Waals surface area contributed by atoms with E-state index in [4.69, 9.17) is 0 Å². The highest BCUT2D eigenvalue weighted by Gasteiger charge is 2.04. The number of pyridine rings is 1. The molecule has 148 valence electrons. The second-order valence-electron chi connectivity index (χ2n) is 6.52. The maximum absolute atomic E-state index is 11.5. The molecule has 1 N–H and O–H groups in total. The Bertz CT molecular complexity index is 999. The monoisotopic (exact) mass is 499 g/mol. The lowest BCUT2D eigenvalue weighted by Crippen LogP contribution is -2.20. The van der Waals surface area contributed by atoms with Crippen LogP contribution in [0.1, 0.15) is 25.3 Å². The summed E-state index contributed by atoms with van der Waals surface area (Å²) < 4.78 is 2.81. The van der Waals surface area contributed by atoms with Gasteiger partial charge in [-0.15, -0.1) is 0 Å². The summed E-state index contributed by atoms with van der Waals surface area (Å²) in [5, 5.41) is 2.63. The first-order valence-electron chi connectivity index (χ1n) is 9.27. The molecule has 0 saturated heterocycles. The van der Waals surface area contributed by atoms with E-state index in [-0.39, 0.29) is 11.5 Å². The highest BCUT2D eigenvalue weighted by molar-refractivity contribution is 14.1. The Labute approximate surface area is 185 Å². The van der Waals surface area contributed by atoms with Gasteiger partial charge in [0.1, 0.15) is 6.08 Å². The Kier molecular flexibility index (Phi) is 9.28. The topological polar surface area (TPSA) is 51.1 Å². The number of halogens is 1. The van der Waals surface area contributed by atoms with E-state index in [0.29, 0.717) is 6.42 Å². The minimum Gasteiger partial charge on any atom is -0.333 e. The number of aryl methyl sites for hydroxylation is 1. The summed E-state index contributed by atoms with van der Waals surface area (Å²) >= 11 is 2.22. The molecule has 1 aromatic carbocycles. The predicted octanol–water partition coefficient (Wildman–Crippen LogP) is 5.18. The first kappa shape index (κ1) is 22.5. The summed E-state index contributed by atoms with van der Waals surface area (Å²) in [6.07, 6.45) is 16.1. The molecule has 1 aromatic heterocycles. The van der Waals surface area contributed by atoms with Gasteiger partial charge < -0.3 is 5.32 Å². The van der Waals surface area contributed by atoms with Crippen LogP contribution < -0.4 is 10.9 Å². The van der Waals surface area contributed by atoms with Crippen LogP contribution in [0, 0.1) is 13.0 Å². The highest BCUT2D eigenvalue weighted by Crippen LogP contribution is 2.09. The molecule has 0 atom stereocenters. The third-order valence-corrected chi connectivity index (χ3v) is 4.66. The molecule has 0 bridgehead atoms. The minimum atomic E-state index is 0.00167. The molecule has 29 heavy (non-hydrogen) atoms. The van der Waals surface area contributed by atoms with E-state index in [2.05, 4.69) is 34.0 Å². The van der Waals surface area contributed by atoms with Crippen molar-refractivity contribution in [3.63, 3.8) is 0 Å². The van der Waals surface area contributed by atoms with Crippen LogP contribution >= 0.6 is 22.6 Å². The number of carbonyl (C=O) groups is 1. The quantitative estimate of drug-likeness (QED) is 0.434. The fourth-order valence-corrected chi connectivity index (χ4v) is 2.80. The minimum absolute atomic E-state index is 0.00167. The van der Waals surface area contributed by atoms with Crippen molar-refractivity contribution in [2.24, 2.45) is 0 Å². The van der Waals surface area contributed by atoms with Crippen molar-refractivity contribution in [1.82, 2.24) is 9.88 Å². The van der Waals surface area contributed by atoms with Crippen LogP contribution in [0.4, 0.5) is 0 Å². The average Bonchev–Trinajstić information content (AvgIpc) is 2.74. The lowest BCUT2D eigenvalue weighted by Gasteiger charge is -2.07. The van der Waals surface area contributed by atoms with Gasteiger partial charge >= 0.3 is 0 Å². The Balaban J connectivity index is 0.000000170. The molecule has 2 aliphatic rings. The number of para-hydroxylation sites is 1. The van der Waals surface area contributed by atoms with Gasteiger partial charge in [-0.2, -0.15) is 0 Å². The molecule has 2 heterocycles. The Hall–Kier alpha value is -2.76. The molecular formula is C24H24IN2O2+. The van der Waals surface area contributed by atoms with Crippen LogP contribution in [0.3, 0.4) is 0 Å². The Morgan fingerprint density at radius 3 is 2.28 bits per heavy atom. The molecule has 4 rings (SSSR count). The van der Waals surface area contributed by atoms with E-state index in [0.717, 1.165) is 17.7 Å². The third-order valence-electron chi connectivity index (χ3n) is 3.99. The summed E-state index contributed by atoms with van der Waals surface area (Å²) in [4.78, 5) is 22.0. The van der Waals surface area contributed by atoms with Crippen LogP contribution in [0.25, 0.3) is 5.69 Å². The van der Waals surface area contributed by atoms with Gasteiger partial charge in [0.15, 0.2) is 3.58 Å². The van der Waals surface area contributed by atoms with E-state index in [1.165, 1.54) is 9.15 Å². The maximum Gasteiger partial charge on any atom is 0.255 e. The lowest BCUT2D eigenvalue weighted by molar-refractivity contribution is -0.120. The Morgan fingerprint density at radius 1 is 1.00 bits per heavy atom. The van der Waals surface area contributed by atoms with Gasteiger partial charge in [-0.05, 0) is 60.6 Å². The zero-order valence-electron chi connectivity index (χ0n) is 16.6. The average molecular weight is 499 g/mol. The van der Waals surface area contributed by atoms with E-state index in [1.807, 2.05) is 80.7 Å². The molecule has 0 unspecified atom stereocenters. The second kappa shape index (κ2) is 11.9. The van der Waals surface area contributed by atoms with Gasteiger partial charge in [-0.3, -0.25) is 14.2 Å². The number of nitrogens with zero attached hydrogens (tertiary/aromatic N) is 1. The summed E-state index contributed by atoms with van der Waals surface area (Å²) in [6, 6.07) is 13.0. The fourth-order valence-electron chi connectivity index (χ4n) is 2.41. The van der Waals surface area contributed by atoms with Crippen molar-refractivity contribution in [2.45, 2.75) is 26.7 Å². The SMILES string of the molecule is CC1=CNC(=O)CC1.Cc1ccc(=O)n(-c2ccccc2)c1.IC1=CC=CC=[C+]1. The summed E-state index contributed by atoms with van der Waals surface area (Å²) in [7, 11) is 0. The lowest BCUT2D eigenvalue weighted by atomic mass is 10.1. The van der Waals surface area contributed by atoms with Gasteiger partial charge in [-0.1, -0.05) is 29.8 Å². The molecule has 1 aliphatic heterocycles. The first-order valence-corrected chi connectivity index (χ1v) is 10.4. The zero-order chi connectivity index (χ0) is 21.1. The van der Waals surface area contributed by atoms with Crippen LogP contribution in [0.15, 0.2) is 93.1 Å². The number of hydrogen-bond acceptors (Lipinski definition) is 2. The van der Waals surface area contributed by atoms with Gasteiger partial charge in [0.25, 0.3) is 5.56 Å². The summed E-state index contributed by atoms with van der Waals surface area (Å²) in [6.45, 7) is 3.98. The number of nitrogens with one attached hydrogen (secondary N) is 1. The first-order chi connectivity index (χ1) is 14.0. The van der Waals surface area contributed by atoms with Crippen molar-refractivity contribution in [2.75, 3.05) is 0 Å². The standard InChI is InChI=1S/C12H11NO.C6H4I.C6H9NO/c1-10-7-8-12(14)13(9-10)11-5-3-2-4-6-11;7-6-4-2-1-3-5-6;1-5-2-3-6(8)7-4-5/h2-9H,1H3;1-4H;4H,2-3H2,1H3,(H,7,8)/q;+1;. The smallest absolute Gasteiger partial charge is 0.255 e. The Morgan fingerprint density at radius 2 is 1.76 bits per heavy atom. The zero-order valence-corrected chi connectivity index (χ0v) is 18.7. The molecule has 0 fully saturated rings. The molecule has 4 nitrogen and oxygen atoms in total. The normalized spacial score (nSPS) is 14.1. The van der Waals surface area contributed by atoms with Crippen LogP contribution in [0.2, 0.25) is 0 Å². The van der Waals surface area contributed by atoms with Crippen LogP contribution in [-0.2, 0) is 4.79 Å². The number of carbonyl (C=O) groups excluding carboxylic acids is 1. The number of rotatable bonds is 1. The molecule has 2 aromatic rings.